The Kier molecular flexibility index (Phi) is 11.3. The van der Waals surface area contributed by atoms with Gasteiger partial charge in [-0.15, -0.1) is 0 Å². The van der Waals surface area contributed by atoms with E-state index in [0.29, 0.717) is 18.7 Å². The molecule has 1 aliphatic carbocycles. The van der Waals surface area contributed by atoms with E-state index in [9.17, 15) is 14.4 Å². The minimum Gasteiger partial charge on any atom is -0.449 e. The molecule has 11 heteroatoms. The van der Waals surface area contributed by atoms with Crippen LogP contribution in [-0.2, 0) is 20.6 Å². The van der Waals surface area contributed by atoms with Gasteiger partial charge < -0.3 is 30.8 Å². The fraction of sp³-hybridized carbons (Fsp3) is 0.382. The van der Waals surface area contributed by atoms with Crippen molar-refractivity contribution in [3.63, 3.8) is 0 Å². The van der Waals surface area contributed by atoms with Gasteiger partial charge in [-0.25, -0.2) is 9.59 Å². The van der Waals surface area contributed by atoms with E-state index in [4.69, 9.17) is 14.9 Å². The SMILES string of the molecule is CC(C)(C)[Si](C)(C)OCc1ccc(NC(=O)C(CCCNC(N)=O)NC(=O)OCC2c3ccccc3-c3ccccc32)cc1I. The summed E-state index contributed by atoms with van der Waals surface area (Å²) in [5.74, 6) is -0.486. The fourth-order valence-corrected chi connectivity index (χ4v) is 6.64. The molecule has 9 nitrogen and oxygen atoms in total. The monoisotopic (exact) mass is 742 g/mol. The number of carbonyl (C=O) groups excluding carboxylic acids is 3. The van der Waals surface area contributed by atoms with E-state index in [0.717, 1.165) is 31.4 Å². The molecule has 0 radical (unpaired) electrons. The molecule has 3 aromatic rings. The van der Waals surface area contributed by atoms with Crippen molar-refractivity contribution in [2.24, 2.45) is 5.73 Å². The number of hydrogen-bond acceptors (Lipinski definition) is 5. The topological polar surface area (TPSA) is 132 Å². The van der Waals surface area contributed by atoms with Crippen molar-refractivity contribution < 1.29 is 23.5 Å². The number of primary amides is 1. The number of amides is 4. The van der Waals surface area contributed by atoms with Crippen LogP contribution in [0, 0.1) is 3.57 Å². The van der Waals surface area contributed by atoms with E-state index in [-0.39, 0.29) is 36.4 Å². The number of ether oxygens (including phenoxy) is 1. The van der Waals surface area contributed by atoms with Gasteiger partial charge in [-0.05, 0) is 93.5 Å². The Hall–Kier alpha value is -3.42. The molecule has 0 saturated carbocycles. The lowest BCUT2D eigenvalue weighted by atomic mass is 9.98. The standard InChI is InChI=1S/C34H43IN4O5Si/c1-34(2,3)45(4,5)44-20-22-16-17-23(19-29(22)35)38-31(40)30(15-10-18-37-32(36)41)39-33(42)43-21-28-26-13-8-6-11-24(26)25-12-7-9-14-27(25)28/h6-9,11-14,16-17,19,28,30H,10,15,18,20-21H2,1-5H3,(H,38,40)(H,39,42)(H3,36,37,41). The van der Waals surface area contributed by atoms with E-state index in [1.807, 2.05) is 42.5 Å². The summed E-state index contributed by atoms with van der Waals surface area (Å²) in [5.41, 5.74) is 11.3. The minimum atomic E-state index is -1.91. The molecule has 1 unspecified atom stereocenters. The highest BCUT2D eigenvalue weighted by atomic mass is 127. The molecular formula is C34H43IN4O5Si. The second kappa shape index (κ2) is 14.8. The number of benzene rings is 3. The normalized spacial score (nSPS) is 13.4. The highest BCUT2D eigenvalue weighted by Crippen LogP contribution is 2.44. The lowest BCUT2D eigenvalue weighted by molar-refractivity contribution is -0.118. The first kappa shape index (κ1) is 34.5. The van der Waals surface area contributed by atoms with E-state index < -0.39 is 26.5 Å². The Labute approximate surface area is 280 Å². The summed E-state index contributed by atoms with van der Waals surface area (Å²) in [6.07, 6.45) is 0.00482. The van der Waals surface area contributed by atoms with Gasteiger partial charge in [0.25, 0.3) is 0 Å². The molecule has 0 fully saturated rings. The Morgan fingerprint density at radius 3 is 2.18 bits per heavy atom. The molecule has 0 heterocycles. The second-order valence-corrected chi connectivity index (χ2v) is 18.8. The van der Waals surface area contributed by atoms with Crippen LogP contribution in [0.1, 0.15) is 56.2 Å². The number of halogens is 1. The number of fused-ring (bicyclic) bond motifs is 3. The molecule has 45 heavy (non-hydrogen) atoms. The summed E-state index contributed by atoms with van der Waals surface area (Å²) < 4.78 is 13.0. The highest BCUT2D eigenvalue weighted by molar-refractivity contribution is 14.1. The molecule has 0 spiro atoms. The van der Waals surface area contributed by atoms with Gasteiger partial charge in [0.2, 0.25) is 5.91 Å². The quantitative estimate of drug-likeness (QED) is 0.0893. The Morgan fingerprint density at radius 1 is 0.978 bits per heavy atom. The van der Waals surface area contributed by atoms with Crippen molar-refractivity contribution in [3.8, 4) is 11.1 Å². The summed E-state index contributed by atoms with van der Waals surface area (Å²) >= 11 is 2.25. The van der Waals surface area contributed by atoms with Gasteiger partial charge in [-0.1, -0.05) is 75.4 Å². The minimum absolute atomic E-state index is 0.101. The number of hydrogen-bond donors (Lipinski definition) is 4. The Balaban J connectivity index is 1.40. The van der Waals surface area contributed by atoms with Crippen LogP contribution in [0.5, 0.6) is 0 Å². The van der Waals surface area contributed by atoms with Gasteiger partial charge in [-0.2, -0.15) is 0 Å². The summed E-state index contributed by atoms with van der Waals surface area (Å²) in [6, 6.07) is 20.3. The third-order valence-corrected chi connectivity index (χ3v) is 14.1. The number of anilines is 1. The van der Waals surface area contributed by atoms with Gasteiger partial charge in [0.1, 0.15) is 12.6 Å². The van der Waals surface area contributed by atoms with Crippen LogP contribution in [0.15, 0.2) is 66.7 Å². The molecule has 1 aliphatic rings. The zero-order valence-corrected chi connectivity index (χ0v) is 29.7. The average Bonchev–Trinajstić information content (AvgIpc) is 3.30. The van der Waals surface area contributed by atoms with Gasteiger partial charge >= 0.3 is 12.1 Å². The van der Waals surface area contributed by atoms with Gasteiger partial charge in [0.15, 0.2) is 8.32 Å². The highest BCUT2D eigenvalue weighted by Gasteiger charge is 2.37. The number of nitrogens with two attached hydrogens (primary N) is 1. The molecule has 0 bridgehead atoms. The first-order chi connectivity index (χ1) is 21.3. The van der Waals surface area contributed by atoms with E-state index in [2.05, 4.69) is 96.7 Å². The molecule has 4 amide bonds. The number of alkyl carbamates (subject to hydrolysis) is 1. The molecule has 0 aliphatic heterocycles. The predicted molar refractivity (Wildman–Crippen MR) is 189 cm³/mol. The van der Waals surface area contributed by atoms with Crippen molar-refractivity contribution in [1.29, 1.82) is 0 Å². The first-order valence-corrected chi connectivity index (χ1v) is 19.1. The first-order valence-electron chi connectivity index (χ1n) is 15.1. The van der Waals surface area contributed by atoms with Crippen molar-refractivity contribution in [2.75, 3.05) is 18.5 Å². The maximum atomic E-state index is 13.4. The Morgan fingerprint density at radius 2 is 1.60 bits per heavy atom. The number of urea groups is 1. The van der Waals surface area contributed by atoms with Crippen LogP contribution >= 0.6 is 22.6 Å². The number of nitrogens with one attached hydrogen (secondary N) is 3. The zero-order chi connectivity index (χ0) is 32.8. The van der Waals surface area contributed by atoms with Crippen LogP contribution in [0.3, 0.4) is 0 Å². The third-order valence-electron chi connectivity index (χ3n) is 8.64. The van der Waals surface area contributed by atoms with E-state index in [1.165, 1.54) is 0 Å². The van der Waals surface area contributed by atoms with Crippen LogP contribution in [0.2, 0.25) is 18.1 Å². The third kappa shape index (κ3) is 8.86. The second-order valence-electron chi connectivity index (χ2n) is 12.8. The Bertz CT molecular complexity index is 1500. The van der Waals surface area contributed by atoms with Gasteiger partial charge in [-0.3, -0.25) is 4.79 Å². The largest absolute Gasteiger partial charge is 0.449 e. The van der Waals surface area contributed by atoms with Crippen molar-refractivity contribution in [3.05, 3.63) is 87.0 Å². The lowest BCUT2D eigenvalue weighted by Gasteiger charge is -2.36. The average molecular weight is 743 g/mol. The molecule has 0 saturated heterocycles. The summed E-state index contributed by atoms with van der Waals surface area (Å²) in [6.45, 7) is 12.0. The number of carbonyl (C=O) groups is 3. The molecule has 1 atom stereocenters. The molecule has 4 rings (SSSR count). The van der Waals surface area contributed by atoms with Crippen LogP contribution < -0.4 is 21.7 Å². The molecule has 240 valence electrons. The van der Waals surface area contributed by atoms with Gasteiger partial charge in [0, 0.05) is 21.7 Å². The van der Waals surface area contributed by atoms with E-state index in [1.54, 1.807) is 0 Å². The summed E-state index contributed by atoms with van der Waals surface area (Å²) in [4.78, 5) is 37.6. The van der Waals surface area contributed by atoms with Crippen molar-refractivity contribution in [2.45, 2.75) is 70.3 Å². The molecule has 0 aromatic heterocycles. The maximum absolute atomic E-state index is 13.4. The van der Waals surface area contributed by atoms with Crippen molar-refractivity contribution in [1.82, 2.24) is 10.6 Å². The molecule has 3 aromatic carbocycles. The van der Waals surface area contributed by atoms with Crippen LogP contribution in [0.4, 0.5) is 15.3 Å². The lowest BCUT2D eigenvalue weighted by Crippen LogP contribution is -2.44. The molecule has 5 N–H and O–H groups in total. The maximum Gasteiger partial charge on any atom is 0.407 e. The summed E-state index contributed by atoms with van der Waals surface area (Å²) in [5, 5.41) is 8.29. The fourth-order valence-electron chi connectivity index (χ4n) is 5.02. The number of rotatable bonds is 12. The molecular weight excluding hydrogens is 699 g/mol. The summed E-state index contributed by atoms with van der Waals surface area (Å²) in [7, 11) is -1.91. The van der Waals surface area contributed by atoms with Crippen LogP contribution in [-0.4, -0.2) is 45.5 Å². The smallest absolute Gasteiger partial charge is 0.407 e. The zero-order valence-electron chi connectivity index (χ0n) is 26.5. The van der Waals surface area contributed by atoms with Gasteiger partial charge in [0.05, 0.1) is 6.61 Å². The predicted octanol–water partition coefficient (Wildman–Crippen LogP) is 7.11. The van der Waals surface area contributed by atoms with E-state index >= 15 is 0 Å². The van der Waals surface area contributed by atoms with Crippen LogP contribution in [0.25, 0.3) is 11.1 Å². The van der Waals surface area contributed by atoms with Crippen molar-refractivity contribution >= 4 is 54.6 Å².